The third-order valence-corrected chi connectivity index (χ3v) is 9.18. The van der Waals surface area contributed by atoms with Gasteiger partial charge in [0, 0.05) is 56.1 Å². The fourth-order valence-corrected chi connectivity index (χ4v) is 6.40. The van der Waals surface area contributed by atoms with Crippen molar-refractivity contribution in [3.05, 3.63) is 23.3 Å². The van der Waals surface area contributed by atoms with Crippen molar-refractivity contribution in [2.24, 2.45) is 22.2 Å². The summed E-state index contributed by atoms with van der Waals surface area (Å²) in [4.78, 5) is 44.5. The first-order valence-corrected chi connectivity index (χ1v) is 13.9. The summed E-state index contributed by atoms with van der Waals surface area (Å²) >= 11 is 0. The fourth-order valence-electron chi connectivity index (χ4n) is 6.40. The molecule has 8 nitrogen and oxygen atoms in total. The van der Waals surface area contributed by atoms with Gasteiger partial charge in [-0.05, 0) is 49.7 Å². The highest BCUT2D eigenvalue weighted by Gasteiger charge is 2.75. The van der Waals surface area contributed by atoms with E-state index >= 15 is 0 Å². The van der Waals surface area contributed by atoms with Crippen LogP contribution in [0.25, 0.3) is 0 Å². The Kier molecular flexibility index (Phi) is 6.49. The molecule has 3 saturated carbocycles. The van der Waals surface area contributed by atoms with E-state index in [0.717, 1.165) is 16.8 Å². The lowest BCUT2D eigenvalue weighted by molar-refractivity contribution is -0.145. The van der Waals surface area contributed by atoms with Crippen LogP contribution < -0.4 is 9.47 Å². The highest BCUT2D eigenvalue weighted by molar-refractivity contribution is 6.08. The zero-order valence-electron chi connectivity index (χ0n) is 23.4. The SMILES string of the molecule is Cc1ccc(OC(=O)N(C)CCCC(=O)C(C)(C)C)c2c1[C@]13CC(=NCC4CC4C)[C@]1(O)CCC(=O)[C@@H]3O2. The van der Waals surface area contributed by atoms with Crippen LogP contribution in [-0.2, 0) is 15.0 Å². The van der Waals surface area contributed by atoms with Crippen molar-refractivity contribution in [2.45, 2.75) is 90.3 Å². The Morgan fingerprint density at radius 2 is 2.00 bits per heavy atom. The first-order chi connectivity index (χ1) is 17.8. The standard InChI is InChI=1S/C30H40N2O6/c1-17-9-10-21(37-27(35)32(6)13-7-8-23(34)28(3,4)5)25-24(17)29-15-22(31-16-19-14-18(19)2)30(29,36)12-11-20(33)26(29)38-25/h9-10,18-19,26,36H,7-8,11-16H2,1-6H3/t18?,19?,26-,29-,30+/m0/s1. The second-order valence-electron chi connectivity index (χ2n) is 12.9. The van der Waals surface area contributed by atoms with Crippen molar-refractivity contribution < 1.29 is 29.0 Å². The van der Waals surface area contributed by atoms with Gasteiger partial charge in [-0.2, -0.15) is 0 Å². The molecule has 3 aliphatic carbocycles. The fraction of sp³-hybridized carbons (Fsp3) is 0.667. The second-order valence-corrected chi connectivity index (χ2v) is 12.9. The molecule has 38 heavy (non-hydrogen) atoms. The third-order valence-electron chi connectivity index (χ3n) is 9.18. The van der Waals surface area contributed by atoms with Crippen molar-refractivity contribution in [2.75, 3.05) is 20.1 Å². The smallest absolute Gasteiger partial charge is 0.415 e. The van der Waals surface area contributed by atoms with Crippen LogP contribution in [0.4, 0.5) is 4.79 Å². The summed E-state index contributed by atoms with van der Waals surface area (Å²) in [6.07, 6.45) is 1.72. The molecule has 1 amide bonds. The first kappa shape index (κ1) is 26.9. The van der Waals surface area contributed by atoms with Crippen molar-refractivity contribution in [1.82, 2.24) is 4.90 Å². The van der Waals surface area contributed by atoms with E-state index in [0.29, 0.717) is 56.4 Å². The minimum Gasteiger partial charge on any atom is -0.477 e. The maximum absolute atomic E-state index is 13.1. The lowest BCUT2D eigenvalue weighted by Gasteiger charge is -2.59. The highest BCUT2D eigenvalue weighted by Crippen LogP contribution is 2.65. The minimum absolute atomic E-state index is 0.0435. The molecule has 8 heteroatoms. The van der Waals surface area contributed by atoms with E-state index in [1.807, 2.05) is 33.8 Å². The number of hydrogen-bond acceptors (Lipinski definition) is 7. The molecular formula is C30H40N2O6. The number of benzene rings is 1. The monoisotopic (exact) mass is 524 g/mol. The number of nitrogens with zero attached hydrogens (tertiary/aromatic N) is 2. The van der Waals surface area contributed by atoms with Crippen LogP contribution in [0.3, 0.4) is 0 Å². The van der Waals surface area contributed by atoms with Gasteiger partial charge in [-0.3, -0.25) is 14.6 Å². The first-order valence-electron chi connectivity index (χ1n) is 13.9. The summed E-state index contributed by atoms with van der Waals surface area (Å²) in [7, 11) is 1.63. The van der Waals surface area contributed by atoms with E-state index in [2.05, 4.69) is 6.92 Å². The molecule has 5 atom stereocenters. The molecule has 1 aromatic carbocycles. The molecule has 1 heterocycles. The van der Waals surface area contributed by atoms with Gasteiger partial charge in [-0.15, -0.1) is 0 Å². The van der Waals surface area contributed by atoms with Gasteiger partial charge in [0.15, 0.2) is 23.4 Å². The number of amides is 1. The Balaban J connectivity index is 1.36. The second kappa shape index (κ2) is 9.18. The van der Waals surface area contributed by atoms with Crippen LogP contribution in [0.2, 0.25) is 0 Å². The molecule has 1 N–H and O–H groups in total. The molecule has 1 aliphatic heterocycles. The molecule has 4 aliphatic rings. The zero-order chi connectivity index (χ0) is 27.6. The van der Waals surface area contributed by atoms with E-state index < -0.39 is 28.6 Å². The average Bonchev–Trinajstić information content (AvgIpc) is 3.41. The number of aryl methyl sites for hydroxylation is 1. The van der Waals surface area contributed by atoms with Crippen LogP contribution in [-0.4, -0.2) is 65.2 Å². The number of Topliss-reactive ketones (excluding diaryl/α,β-unsaturated/α-hetero) is 2. The van der Waals surface area contributed by atoms with Gasteiger partial charge in [-0.1, -0.05) is 33.8 Å². The molecule has 0 saturated heterocycles. The van der Waals surface area contributed by atoms with Crippen molar-refractivity contribution in [3.63, 3.8) is 0 Å². The molecule has 206 valence electrons. The van der Waals surface area contributed by atoms with Crippen LogP contribution in [0, 0.1) is 24.2 Å². The summed E-state index contributed by atoms with van der Waals surface area (Å²) in [5.74, 6) is 1.96. The minimum atomic E-state index is -1.24. The van der Waals surface area contributed by atoms with Crippen molar-refractivity contribution in [1.29, 1.82) is 0 Å². The zero-order valence-corrected chi connectivity index (χ0v) is 23.4. The number of ketones is 2. The van der Waals surface area contributed by atoms with Crippen LogP contribution in [0.5, 0.6) is 11.5 Å². The Morgan fingerprint density at radius 3 is 2.66 bits per heavy atom. The Labute approximate surface area is 224 Å². The summed E-state index contributed by atoms with van der Waals surface area (Å²) in [6, 6.07) is 3.53. The number of fused-ring (bicyclic) bond motifs is 1. The predicted molar refractivity (Wildman–Crippen MR) is 143 cm³/mol. The van der Waals surface area contributed by atoms with Crippen LogP contribution >= 0.6 is 0 Å². The van der Waals surface area contributed by atoms with E-state index in [1.54, 1.807) is 13.1 Å². The van der Waals surface area contributed by atoms with Crippen LogP contribution in [0.15, 0.2) is 17.1 Å². The van der Waals surface area contributed by atoms with Crippen LogP contribution in [0.1, 0.15) is 77.3 Å². The number of carbonyl (C=O) groups excluding carboxylic acids is 3. The maximum atomic E-state index is 13.1. The molecule has 1 spiro atoms. The Morgan fingerprint density at radius 1 is 1.29 bits per heavy atom. The molecular weight excluding hydrogens is 484 g/mol. The number of rotatable bonds is 7. The predicted octanol–water partition coefficient (Wildman–Crippen LogP) is 4.41. The summed E-state index contributed by atoms with van der Waals surface area (Å²) < 4.78 is 12.0. The molecule has 2 unspecified atom stereocenters. The quantitative estimate of drug-likeness (QED) is 0.566. The van der Waals surface area contributed by atoms with Gasteiger partial charge in [-0.25, -0.2) is 4.79 Å². The summed E-state index contributed by atoms with van der Waals surface area (Å²) in [5.41, 5.74) is -0.149. The maximum Gasteiger partial charge on any atom is 0.415 e. The normalized spacial score (nSPS) is 32.0. The topological polar surface area (TPSA) is 106 Å². The number of ether oxygens (including phenoxy) is 2. The number of aliphatic hydroxyl groups is 1. The van der Waals surface area contributed by atoms with Gasteiger partial charge in [0.1, 0.15) is 11.4 Å². The average molecular weight is 525 g/mol. The van der Waals surface area contributed by atoms with E-state index in [4.69, 9.17) is 14.5 Å². The van der Waals surface area contributed by atoms with E-state index in [1.165, 1.54) is 11.3 Å². The van der Waals surface area contributed by atoms with E-state index in [-0.39, 0.29) is 23.7 Å². The van der Waals surface area contributed by atoms with Gasteiger partial charge >= 0.3 is 6.09 Å². The van der Waals surface area contributed by atoms with Crippen molar-refractivity contribution >= 4 is 23.4 Å². The van der Waals surface area contributed by atoms with E-state index in [9.17, 15) is 19.5 Å². The lowest BCUT2D eigenvalue weighted by atomic mass is 9.45. The number of aliphatic imine (C=N–C) groups is 1. The number of carbonyl (C=O) groups is 3. The largest absolute Gasteiger partial charge is 0.477 e. The number of hydrogen-bond donors (Lipinski definition) is 1. The van der Waals surface area contributed by atoms with Gasteiger partial charge < -0.3 is 19.5 Å². The molecule has 5 rings (SSSR count). The lowest BCUT2D eigenvalue weighted by Crippen LogP contribution is -2.75. The summed E-state index contributed by atoms with van der Waals surface area (Å²) in [5, 5.41) is 12.0. The molecule has 1 aromatic rings. The molecule has 3 fully saturated rings. The highest BCUT2D eigenvalue weighted by atomic mass is 16.6. The molecule has 0 bridgehead atoms. The molecule has 0 radical (unpaired) electrons. The molecule has 0 aromatic heterocycles. The Hall–Kier alpha value is -2.74. The van der Waals surface area contributed by atoms with Gasteiger partial charge in [0.05, 0.1) is 5.41 Å². The van der Waals surface area contributed by atoms with Gasteiger partial charge in [0.25, 0.3) is 0 Å². The van der Waals surface area contributed by atoms with Gasteiger partial charge in [0.2, 0.25) is 0 Å². The summed E-state index contributed by atoms with van der Waals surface area (Å²) in [6.45, 7) is 10.9. The van der Waals surface area contributed by atoms with Crippen molar-refractivity contribution in [3.8, 4) is 11.5 Å². The Bertz CT molecular complexity index is 1220. The third kappa shape index (κ3) is 4.16.